The first-order valence-corrected chi connectivity index (χ1v) is 7.64. The van der Waals surface area contributed by atoms with Crippen molar-refractivity contribution < 1.29 is 13.5 Å². The standard InChI is InChI=1S/C10H22N2O3S/c1-3-10(13)9-11-5-4-6-12(8-7-11)16(2,14)15/h10,13H,3-9H2,1-2H3. The molecule has 1 N–H and O–H groups in total. The van der Waals surface area contributed by atoms with Crippen molar-refractivity contribution in [2.75, 3.05) is 39.0 Å². The number of rotatable bonds is 4. The Balaban J connectivity index is 2.47. The normalized spacial score (nSPS) is 22.9. The average Bonchev–Trinajstić information content (AvgIpc) is 2.42. The second-order valence-electron chi connectivity index (χ2n) is 4.38. The molecular weight excluding hydrogens is 228 g/mol. The first-order chi connectivity index (χ1) is 7.43. The molecule has 1 saturated heterocycles. The van der Waals surface area contributed by atoms with Gasteiger partial charge in [0.2, 0.25) is 10.0 Å². The van der Waals surface area contributed by atoms with Crippen molar-refractivity contribution in [3.8, 4) is 0 Å². The molecule has 0 saturated carbocycles. The number of β-amino-alcohol motifs (C(OH)–C–C–N with tert-alkyl or cyclic N) is 1. The zero-order valence-corrected chi connectivity index (χ0v) is 10.9. The van der Waals surface area contributed by atoms with Gasteiger partial charge in [0.25, 0.3) is 0 Å². The van der Waals surface area contributed by atoms with Gasteiger partial charge in [-0.25, -0.2) is 12.7 Å². The zero-order chi connectivity index (χ0) is 12.2. The van der Waals surface area contributed by atoms with Gasteiger partial charge < -0.3 is 5.11 Å². The highest BCUT2D eigenvalue weighted by atomic mass is 32.2. The van der Waals surface area contributed by atoms with Crippen LogP contribution in [0.5, 0.6) is 0 Å². The van der Waals surface area contributed by atoms with Crippen molar-refractivity contribution in [1.29, 1.82) is 0 Å². The molecule has 1 heterocycles. The van der Waals surface area contributed by atoms with Crippen molar-refractivity contribution >= 4 is 10.0 Å². The molecule has 1 aliphatic rings. The fourth-order valence-electron chi connectivity index (χ4n) is 1.89. The second-order valence-corrected chi connectivity index (χ2v) is 6.36. The van der Waals surface area contributed by atoms with Crippen LogP contribution in [0.25, 0.3) is 0 Å². The topological polar surface area (TPSA) is 60.9 Å². The molecule has 0 spiro atoms. The number of sulfonamides is 1. The van der Waals surface area contributed by atoms with Crippen LogP contribution in [0.2, 0.25) is 0 Å². The Morgan fingerprint density at radius 2 is 1.94 bits per heavy atom. The largest absolute Gasteiger partial charge is 0.392 e. The molecule has 5 nitrogen and oxygen atoms in total. The van der Waals surface area contributed by atoms with Crippen LogP contribution in [0.1, 0.15) is 19.8 Å². The van der Waals surface area contributed by atoms with Gasteiger partial charge in [0.15, 0.2) is 0 Å². The molecule has 96 valence electrons. The van der Waals surface area contributed by atoms with E-state index in [9.17, 15) is 13.5 Å². The van der Waals surface area contributed by atoms with Gasteiger partial charge in [-0.2, -0.15) is 0 Å². The second kappa shape index (κ2) is 5.95. The van der Waals surface area contributed by atoms with E-state index < -0.39 is 10.0 Å². The first-order valence-electron chi connectivity index (χ1n) is 5.79. The number of hydrogen-bond acceptors (Lipinski definition) is 4. The minimum atomic E-state index is -3.06. The maximum atomic E-state index is 11.4. The van der Waals surface area contributed by atoms with Gasteiger partial charge in [-0.3, -0.25) is 4.90 Å². The van der Waals surface area contributed by atoms with Gasteiger partial charge in [-0.15, -0.1) is 0 Å². The lowest BCUT2D eigenvalue weighted by molar-refractivity contribution is 0.112. The van der Waals surface area contributed by atoms with Gasteiger partial charge >= 0.3 is 0 Å². The molecule has 1 fully saturated rings. The Morgan fingerprint density at radius 1 is 1.25 bits per heavy atom. The third-order valence-corrected chi connectivity index (χ3v) is 4.26. The fourth-order valence-corrected chi connectivity index (χ4v) is 2.76. The van der Waals surface area contributed by atoms with Crippen LogP contribution < -0.4 is 0 Å². The van der Waals surface area contributed by atoms with Crippen LogP contribution in [0, 0.1) is 0 Å². The van der Waals surface area contributed by atoms with E-state index in [2.05, 4.69) is 4.90 Å². The summed E-state index contributed by atoms with van der Waals surface area (Å²) in [6.07, 6.45) is 2.53. The van der Waals surface area contributed by atoms with E-state index in [4.69, 9.17) is 0 Å². The monoisotopic (exact) mass is 250 g/mol. The summed E-state index contributed by atoms with van der Waals surface area (Å²) >= 11 is 0. The van der Waals surface area contributed by atoms with Crippen LogP contribution in [0.4, 0.5) is 0 Å². The van der Waals surface area contributed by atoms with Gasteiger partial charge in [0, 0.05) is 26.2 Å². The summed E-state index contributed by atoms with van der Waals surface area (Å²) < 4.78 is 24.3. The molecular formula is C10H22N2O3S. The molecule has 1 unspecified atom stereocenters. The molecule has 1 rings (SSSR count). The minimum Gasteiger partial charge on any atom is -0.392 e. The van der Waals surface area contributed by atoms with Crippen molar-refractivity contribution in [1.82, 2.24) is 9.21 Å². The molecule has 1 atom stereocenters. The van der Waals surface area contributed by atoms with Gasteiger partial charge in [0.1, 0.15) is 0 Å². The Bertz CT molecular complexity index is 305. The highest BCUT2D eigenvalue weighted by Crippen LogP contribution is 2.07. The van der Waals surface area contributed by atoms with Crippen LogP contribution in [0.3, 0.4) is 0 Å². The van der Waals surface area contributed by atoms with E-state index in [0.29, 0.717) is 26.2 Å². The number of nitrogens with zero attached hydrogens (tertiary/aromatic N) is 2. The SMILES string of the molecule is CCC(O)CN1CCCN(S(C)(=O)=O)CC1. The van der Waals surface area contributed by atoms with Crippen molar-refractivity contribution in [2.45, 2.75) is 25.9 Å². The Labute approximate surface area is 98.1 Å². The van der Waals surface area contributed by atoms with Crippen LogP contribution in [0.15, 0.2) is 0 Å². The maximum Gasteiger partial charge on any atom is 0.211 e. The quantitative estimate of drug-likeness (QED) is 0.746. The zero-order valence-electron chi connectivity index (χ0n) is 10.1. The summed E-state index contributed by atoms with van der Waals surface area (Å²) in [4.78, 5) is 2.14. The van der Waals surface area contributed by atoms with Gasteiger partial charge in [-0.1, -0.05) is 6.92 Å². The summed E-state index contributed by atoms with van der Waals surface area (Å²) in [7, 11) is -3.06. The van der Waals surface area contributed by atoms with E-state index in [0.717, 1.165) is 19.4 Å². The predicted octanol–water partition coefficient (Wildman–Crippen LogP) is -0.275. The van der Waals surface area contributed by atoms with Crippen LogP contribution in [-0.4, -0.2) is 67.8 Å². The smallest absolute Gasteiger partial charge is 0.211 e. The number of aliphatic hydroxyl groups excluding tert-OH is 1. The third-order valence-electron chi connectivity index (χ3n) is 2.96. The summed E-state index contributed by atoms with van der Waals surface area (Å²) in [5.41, 5.74) is 0. The van der Waals surface area contributed by atoms with Gasteiger partial charge in [0.05, 0.1) is 12.4 Å². The predicted molar refractivity (Wildman–Crippen MR) is 63.8 cm³/mol. The Kier molecular flexibility index (Phi) is 5.17. The summed E-state index contributed by atoms with van der Waals surface area (Å²) in [5.74, 6) is 0. The van der Waals surface area contributed by atoms with E-state index in [1.807, 2.05) is 6.92 Å². The van der Waals surface area contributed by atoms with Crippen LogP contribution in [-0.2, 0) is 10.0 Å². The minimum absolute atomic E-state index is 0.301. The van der Waals surface area contributed by atoms with E-state index in [1.54, 1.807) is 0 Å². The molecule has 0 amide bonds. The number of aliphatic hydroxyl groups is 1. The Morgan fingerprint density at radius 3 is 2.50 bits per heavy atom. The molecule has 0 radical (unpaired) electrons. The molecule has 6 heteroatoms. The fraction of sp³-hybridized carbons (Fsp3) is 1.00. The summed E-state index contributed by atoms with van der Waals surface area (Å²) in [6.45, 7) is 5.30. The number of hydrogen-bond donors (Lipinski definition) is 1. The molecule has 16 heavy (non-hydrogen) atoms. The molecule has 0 aromatic rings. The van der Waals surface area contributed by atoms with Crippen molar-refractivity contribution in [3.63, 3.8) is 0 Å². The molecule has 0 aromatic heterocycles. The van der Waals surface area contributed by atoms with E-state index in [1.165, 1.54) is 10.6 Å². The third kappa shape index (κ3) is 4.37. The van der Waals surface area contributed by atoms with Gasteiger partial charge in [-0.05, 0) is 19.4 Å². The average molecular weight is 250 g/mol. The molecule has 1 aliphatic heterocycles. The summed E-state index contributed by atoms with van der Waals surface area (Å²) in [6, 6.07) is 0. The van der Waals surface area contributed by atoms with Crippen molar-refractivity contribution in [2.24, 2.45) is 0 Å². The lowest BCUT2D eigenvalue weighted by Gasteiger charge is -2.22. The molecule has 0 bridgehead atoms. The first kappa shape index (κ1) is 13.9. The van der Waals surface area contributed by atoms with E-state index in [-0.39, 0.29) is 6.10 Å². The highest BCUT2D eigenvalue weighted by molar-refractivity contribution is 7.88. The lowest BCUT2D eigenvalue weighted by Crippen LogP contribution is -2.37. The summed E-state index contributed by atoms with van der Waals surface area (Å²) in [5, 5.41) is 9.55. The lowest BCUT2D eigenvalue weighted by atomic mass is 10.2. The highest BCUT2D eigenvalue weighted by Gasteiger charge is 2.21. The van der Waals surface area contributed by atoms with Crippen LogP contribution >= 0.6 is 0 Å². The molecule has 0 aliphatic carbocycles. The van der Waals surface area contributed by atoms with Crippen molar-refractivity contribution in [3.05, 3.63) is 0 Å². The van der Waals surface area contributed by atoms with E-state index >= 15 is 0 Å². The molecule has 0 aromatic carbocycles. The Hall–Kier alpha value is -0.170. The maximum absolute atomic E-state index is 11.4.